The normalized spacial score (nSPS) is 18.2. The maximum absolute atomic E-state index is 12.4. The summed E-state index contributed by atoms with van der Waals surface area (Å²) in [5.41, 5.74) is -0.135. The van der Waals surface area contributed by atoms with Gasteiger partial charge in [0.1, 0.15) is 0 Å². The molecular weight excluding hydrogens is 240 g/mol. The molecule has 0 saturated carbocycles. The Morgan fingerprint density at radius 2 is 1.95 bits per heavy atom. The van der Waals surface area contributed by atoms with Crippen molar-refractivity contribution in [2.45, 2.75) is 52.4 Å². The summed E-state index contributed by atoms with van der Waals surface area (Å²) in [6, 6.07) is 0. The van der Waals surface area contributed by atoms with Gasteiger partial charge >= 0.3 is 0 Å². The molecule has 0 aromatic heterocycles. The predicted molar refractivity (Wildman–Crippen MR) is 78.2 cm³/mol. The van der Waals surface area contributed by atoms with Crippen LogP contribution in [-0.2, 0) is 9.53 Å². The molecule has 112 valence electrons. The highest BCUT2D eigenvalue weighted by Crippen LogP contribution is 2.34. The van der Waals surface area contributed by atoms with Crippen LogP contribution in [0.5, 0.6) is 0 Å². The van der Waals surface area contributed by atoms with Gasteiger partial charge in [-0.25, -0.2) is 0 Å². The topological polar surface area (TPSA) is 50.4 Å². The molecule has 1 aliphatic heterocycles. The summed E-state index contributed by atoms with van der Waals surface area (Å²) in [5.74, 6) is 0.231. The highest BCUT2D eigenvalue weighted by Gasteiger charge is 2.38. The van der Waals surface area contributed by atoms with Crippen LogP contribution in [0, 0.1) is 5.41 Å². The summed E-state index contributed by atoms with van der Waals surface area (Å²) in [5, 5.41) is 6.40. The lowest BCUT2D eigenvalue weighted by Crippen LogP contribution is -2.48. The van der Waals surface area contributed by atoms with Gasteiger partial charge in [0.05, 0.1) is 12.0 Å². The number of ether oxygens (including phenoxy) is 1. The Labute approximate surface area is 117 Å². The van der Waals surface area contributed by atoms with Crippen molar-refractivity contribution in [2.24, 2.45) is 5.41 Å². The van der Waals surface area contributed by atoms with E-state index in [1.165, 1.54) is 0 Å². The summed E-state index contributed by atoms with van der Waals surface area (Å²) in [7, 11) is 0. The van der Waals surface area contributed by atoms with E-state index in [1.54, 1.807) is 0 Å². The van der Waals surface area contributed by atoms with Gasteiger partial charge in [-0.15, -0.1) is 0 Å². The molecule has 0 aromatic rings. The van der Waals surface area contributed by atoms with Crippen LogP contribution in [0.1, 0.15) is 52.4 Å². The van der Waals surface area contributed by atoms with E-state index in [9.17, 15) is 4.79 Å². The maximum atomic E-state index is 12.4. The van der Waals surface area contributed by atoms with Crippen molar-refractivity contribution in [3.8, 4) is 0 Å². The molecule has 1 rings (SSSR count). The Morgan fingerprint density at radius 1 is 1.21 bits per heavy atom. The minimum atomic E-state index is -0.135. The van der Waals surface area contributed by atoms with E-state index < -0.39 is 0 Å². The number of amides is 1. The average molecular weight is 270 g/mol. The third-order valence-corrected chi connectivity index (χ3v) is 3.95. The van der Waals surface area contributed by atoms with Crippen molar-refractivity contribution in [2.75, 3.05) is 32.8 Å². The van der Waals surface area contributed by atoms with Crippen LogP contribution in [0.4, 0.5) is 0 Å². The standard InChI is InChI=1S/C15H30N2O2/c1-3-5-12-19-13-11-17-14(18)15(6-4-2)7-9-16-10-8-15/h16H,3-13H2,1-2H3,(H,17,18). The molecule has 1 aliphatic rings. The van der Waals surface area contributed by atoms with E-state index in [1.807, 2.05) is 0 Å². The smallest absolute Gasteiger partial charge is 0.226 e. The minimum Gasteiger partial charge on any atom is -0.380 e. The summed E-state index contributed by atoms with van der Waals surface area (Å²) >= 11 is 0. The molecule has 4 heteroatoms. The Kier molecular flexibility index (Phi) is 8.07. The first-order valence-electron chi connectivity index (χ1n) is 7.82. The molecule has 0 spiro atoms. The molecule has 0 unspecified atom stereocenters. The molecule has 0 atom stereocenters. The van der Waals surface area contributed by atoms with Crippen molar-refractivity contribution >= 4 is 5.91 Å². The first-order chi connectivity index (χ1) is 9.25. The van der Waals surface area contributed by atoms with E-state index >= 15 is 0 Å². The van der Waals surface area contributed by atoms with Crippen LogP contribution in [0.2, 0.25) is 0 Å². The summed E-state index contributed by atoms with van der Waals surface area (Å²) in [4.78, 5) is 12.4. The highest BCUT2D eigenvalue weighted by molar-refractivity contribution is 5.82. The van der Waals surface area contributed by atoms with E-state index in [4.69, 9.17) is 4.74 Å². The SMILES string of the molecule is CCCCOCCNC(=O)C1(CCC)CCNCC1. The van der Waals surface area contributed by atoms with Gasteiger partial charge in [-0.1, -0.05) is 26.7 Å². The van der Waals surface area contributed by atoms with E-state index in [0.29, 0.717) is 13.2 Å². The van der Waals surface area contributed by atoms with Crippen LogP contribution < -0.4 is 10.6 Å². The number of carbonyl (C=O) groups is 1. The second-order valence-corrected chi connectivity index (χ2v) is 5.50. The zero-order valence-electron chi connectivity index (χ0n) is 12.6. The van der Waals surface area contributed by atoms with Crippen LogP contribution in [0.3, 0.4) is 0 Å². The first kappa shape index (κ1) is 16.4. The van der Waals surface area contributed by atoms with E-state index in [0.717, 1.165) is 58.2 Å². The Balaban J connectivity index is 2.28. The van der Waals surface area contributed by atoms with Crippen molar-refractivity contribution < 1.29 is 9.53 Å². The number of nitrogens with one attached hydrogen (secondary N) is 2. The Morgan fingerprint density at radius 3 is 2.58 bits per heavy atom. The summed E-state index contributed by atoms with van der Waals surface area (Å²) < 4.78 is 5.48. The highest BCUT2D eigenvalue weighted by atomic mass is 16.5. The number of unbranched alkanes of at least 4 members (excludes halogenated alkanes) is 1. The van der Waals surface area contributed by atoms with Crippen molar-refractivity contribution in [3.63, 3.8) is 0 Å². The molecule has 0 radical (unpaired) electrons. The number of hydrogen-bond acceptors (Lipinski definition) is 3. The zero-order chi connectivity index (χ0) is 14.0. The molecule has 1 amide bonds. The number of carbonyl (C=O) groups excluding carboxylic acids is 1. The lowest BCUT2D eigenvalue weighted by atomic mass is 9.74. The second kappa shape index (κ2) is 9.32. The van der Waals surface area contributed by atoms with Gasteiger partial charge in [0, 0.05) is 13.2 Å². The monoisotopic (exact) mass is 270 g/mol. The largest absolute Gasteiger partial charge is 0.380 e. The van der Waals surface area contributed by atoms with Gasteiger partial charge in [0.15, 0.2) is 0 Å². The first-order valence-corrected chi connectivity index (χ1v) is 7.82. The van der Waals surface area contributed by atoms with Gasteiger partial charge in [0.2, 0.25) is 5.91 Å². The quantitative estimate of drug-likeness (QED) is 0.631. The van der Waals surface area contributed by atoms with Crippen molar-refractivity contribution in [3.05, 3.63) is 0 Å². The predicted octanol–water partition coefficient (Wildman–Crippen LogP) is 2.09. The number of piperidine rings is 1. The molecular formula is C15H30N2O2. The third-order valence-electron chi connectivity index (χ3n) is 3.95. The molecule has 1 saturated heterocycles. The van der Waals surface area contributed by atoms with E-state index in [-0.39, 0.29) is 11.3 Å². The van der Waals surface area contributed by atoms with Crippen LogP contribution in [-0.4, -0.2) is 38.8 Å². The molecule has 19 heavy (non-hydrogen) atoms. The summed E-state index contributed by atoms with van der Waals surface area (Å²) in [6.45, 7) is 8.30. The fraction of sp³-hybridized carbons (Fsp3) is 0.933. The Bertz CT molecular complexity index is 245. The van der Waals surface area contributed by atoms with Crippen LogP contribution in [0.25, 0.3) is 0 Å². The third kappa shape index (κ3) is 5.49. The molecule has 1 heterocycles. The molecule has 0 bridgehead atoms. The van der Waals surface area contributed by atoms with E-state index in [2.05, 4.69) is 24.5 Å². The fourth-order valence-electron chi connectivity index (χ4n) is 2.75. The number of hydrogen-bond donors (Lipinski definition) is 2. The van der Waals surface area contributed by atoms with Crippen LogP contribution in [0.15, 0.2) is 0 Å². The second-order valence-electron chi connectivity index (χ2n) is 5.50. The minimum absolute atomic E-state index is 0.135. The van der Waals surface area contributed by atoms with Crippen molar-refractivity contribution in [1.29, 1.82) is 0 Å². The fourth-order valence-corrected chi connectivity index (χ4v) is 2.75. The van der Waals surface area contributed by atoms with Gasteiger partial charge < -0.3 is 15.4 Å². The van der Waals surface area contributed by atoms with Gasteiger partial charge in [-0.05, 0) is 38.8 Å². The maximum Gasteiger partial charge on any atom is 0.226 e. The van der Waals surface area contributed by atoms with Gasteiger partial charge in [0.25, 0.3) is 0 Å². The Hall–Kier alpha value is -0.610. The molecule has 2 N–H and O–H groups in total. The lowest BCUT2D eigenvalue weighted by Gasteiger charge is -2.36. The molecule has 1 fully saturated rings. The number of rotatable bonds is 9. The average Bonchev–Trinajstić information content (AvgIpc) is 2.44. The lowest BCUT2D eigenvalue weighted by molar-refractivity contribution is -0.133. The summed E-state index contributed by atoms with van der Waals surface area (Å²) in [6.07, 6.45) is 6.24. The molecule has 0 aromatic carbocycles. The van der Waals surface area contributed by atoms with Crippen LogP contribution >= 0.6 is 0 Å². The molecule has 0 aliphatic carbocycles. The van der Waals surface area contributed by atoms with Gasteiger partial charge in [-0.3, -0.25) is 4.79 Å². The zero-order valence-corrected chi connectivity index (χ0v) is 12.6. The van der Waals surface area contributed by atoms with Crippen molar-refractivity contribution in [1.82, 2.24) is 10.6 Å². The van der Waals surface area contributed by atoms with Gasteiger partial charge in [-0.2, -0.15) is 0 Å². The molecule has 4 nitrogen and oxygen atoms in total.